The summed E-state index contributed by atoms with van der Waals surface area (Å²) in [6, 6.07) is 16.3. The number of nitrogens with zero attached hydrogens (tertiary/aromatic N) is 4. The second-order valence-electron chi connectivity index (χ2n) is 5.88. The normalized spacial score (nSPS) is 13.5. The Labute approximate surface area is 149 Å². The minimum atomic E-state index is -0.193. The van der Waals surface area contributed by atoms with Gasteiger partial charge in [-0.25, -0.2) is 0 Å². The van der Waals surface area contributed by atoms with Crippen LogP contribution in [0.2, 0.25) is 0 Å². The van der Waals surface area contributed by atoms with Crippen molar-refractivity contribution in [2.24, 2.45) is 20.7 Å². The first-order valence-electron chi connectivity index (χ1n) is 8.36. The maximum atomic E-state index is 12.4. The van der Waals surface area contributed by atoms with Gasteiger partial charge in [-0.3, -0.25) is 4.79 Å². The van der Waals surface area contributed by atoms with Crippen LogP contribution in [0.25, 0.3) is 22.3 Å². The standard InChI is InChI=1S/C19H16N4O3/c24-16-12-17(13-5-2-1-3-6-13)26-18-11-14(8-9-15(16)18)25-10-4-7-19-20-22-23-21-19/h1-3,5-6,8-9,11-12,19H,4,7,10H2. The molecule has 0 N–H and O–H groups in total. The Balaban J connectivity index is 1.51. The van der Waals surface area contributed by atoms with Crippen molar-refractivity contribution in [3.8, 4) is 17.1 Å². The van der Waals surface area contributed by atoms with Crippen LogP contribution < -0.4 is 10.2 Å². The lowest BCUT2D eigenvalue weighted by Crippen LogP contribution is -2.04. The van der Waals surface area contributed by atoms with E-state index in [1.165, 1.54) is 6.07 Å². The molecular weight excluding hydrogens is 332 g/mol. The second kappa shape index (κ2) is 7.26. The first kappa shape index (κ1) is 16.1. The number of hydrogen-bond donors (Lipinski definition) is 0. The van der Waals surface area contributed by atoms with E-state index in [1.807, 2.05) is 30.3 Å². The fourth-order valence-corrected chi connectivity index (χ4v) is 2.73. The number of fused-ring (bicyclic) bond motifs is 1. The van der Waals surface area contributed by atoms with Gasteiger partial charge in [0.2, 0.25) is 0 Å². The first-order valence-corrected chi connectivity index (χ1v) is 8.36. The monoisotopic (exact) mass is 348 g/mol. The van der Waals surface area contributed by atoms with Gasteiger partial charge in [0.15, 0.2) is 11.6 Å². The van der Waals surface area contributed by atoms with E-state index in [-0.39, 0.29) is 11.6 Å². The van der Waals surface area contributed by atoms with Gasteiger partial charge >= 0.3 is 0 Å². The molecule has 0 spiro atoms. The van der Waals surface area contributed by atoms with Gasteiger partial charge in [-0.05, 0) is 35.4 Å². The third-order valence-corrected chi connectivity index (χ3v) is 4.04. The molecule has 7 nitrogen and oxygen atoms in total. The van der Waals surface area contributed by atoms with Crippen LogP contribution in [0.4, 0.5) is 0 Å². The van der Waals surface area contributed by atoms with Crippen LogP contribution in [0, 0.1) is 0 Å². The van der Waals surface area contributed by atoms with Gasteiger partial charge < -0.3 is 9.15 Å². The molecule has 1 aliphatic heterocycles. The molecule has 0 bridgehead atoms. The highest BCUT2D eigenvalue weighted by Gasteiger charge is 2.10. The minimum absolute atomic E-state index is 0.0754. The zero-order chi connectivity index (χ0) is 17.8. The van der Waals surface area contributed by atoms with Gasteiger partial charge in [-0.2, -0.15) is 0 Å². The highest BCUT2D eigenvalue weighted by atomic mass is 16.5. The summed E-state index contributed by atoms with van der Waals surface area (Å²) < 4.78 is 11.7. The molecule has 0 amide bonds. The highest BCUT2D eigenvalue weighted by Crippen LogP contribution is 2.25. The van der Waals surface area contributed by atoms with Crippen molar-refractivity contribution in [3.05, 3.63) is 64.8 Å². The van der Waals surface area contributed by atoms with E-state index in [0.717, 1.165) is 18.4 Å². The summed E-state index contributed by atoms with van der Waals surface area (Å²) in [7, 11) is 0. The quantitative estimate of drug-likeness (QED) is 0.600. The largest absolute Gasteiger partial charge is 0.493 e. The molecule has 1 aliphatic rings. The Kier molecular flexibility index (Phi) is 4.51. The molecule has 7 heteroatoms. The SMILES string of the molecule is O=c1cc(-c2ccccc2)oc2cc(OCCCC3N=NN=N3)ccc12. The van der Waals surface area contributed by atoms with Gasteiger partial charge in [-0.1, -0.05) is 30.3 Å². The molecule has 0 aliphatic carbocycles. The van der Waals surface area contributed by atoms with E-state index in [4.69, 9.17) is 9.15 Å². The van der Waals surface area contributed by atoms with E-state index in [0.29, 0.717) is 29.1 Å². The van der Waals surface area contributed by atoms with Crippen molar-refractivity contribution in [3.63, 3.8) is 0 Å². The Morgan fingerprint density at radius 3 is 2.62 bits per heavy atom. The maximum Gasteiger partial charge on any atom is 0.193 e. The van der Waals surface area contributed by atoms with Gasteiger partial charge in [0.25, 0.3) is 0 Å². The number of hydrogen-bond acceptors (Lipinski definition) is 7. The van der Waals surface area contributed by atoms with E-state index < -0.39 is 0 Å². The van der Waals surface area contributed by atoms with E-state index in [1.54, 1.807) is 18.2 Å². The van der Waals surface area contributed by atoms with Crippen molar-refractivity contribution in [2.75, 3.05) is 6.61 Å². The molecule has 0 saturated carbocycles. The van der Waals surface area contributed by atoms with Crippen molar-refractivity contribution in [1.29, 1.82) is 0 Å². The summed E-state index contributed by atoms with van der Waals surface area (Å²) in [6.07, 6.45) is 1.31. The maximum absolute atomic E-state index is 12.4. The Morgan fingerprint density at radius 1 is 1.00 bits per heavy atom. The summed E-state index contributed by atoms with van der Waals surface area (Å²) in [5.41, 5.74) is 1.29. The minimum Gasteiger partial charge on any atom is -0.493 e. The summed E-state index contributed by atoms with van der Waals surface area (Å²) in [6.45, 7) is 0.510. The van der Waals surface area contributed by atoms with Gasteiger partial charge in [0.1, 0.15) is 17.1 Å². The van der Waals surface area contributed by atoms with Crippen LogP contribution in [0.1, 0.15) is 12.8 Å². The van der Waals surface area contributed by atoms with E-state index in [2.05, 4.69) is 20.7 Å². The van der Waals surface area contributed by atoms with Crippen LogP contribution in [0.5, 0.6) is 5.75 Å². The molecule has 2 aromatic carbocycles. The van der Waals surface area contributed by atoms with Crippen LogP contribution in [0.3, 0.4) is 0 Å². The van der Waals surface area contributed by atoms with Gasteiger partial charge in [-0.15, -0.1) is 10.2 Å². The molecule has 130 valence electrons. The molecule has 0 atom stereocenters. The summed E-state index contributed by atoms with van der Waals surface area (Å²) in [4.78, 5) is 12.4. The number of benzene rings is 2. The molecule has 0 saturated heterocycles. The summed E-state index contributed by atoms with van der Waals surface area (Å²) >= 11 is 0. The molecular formula is C19H16N4O3. The molecule has 0 fully saturated rings. The third kappa shape index (κ3) is 3.51. The second-order valence-corrected chi connectivity index (χ2v) is 5.88. The lowest BCUT2D eigenvalue weighted by Gasteiger charge is -2.08. The Bertz CT molecular complexity index is 1020. The lowest BCUT2D eigenvalue weighted by atomic mass is 10.1. The Morgan fingerprint density at radius 2 is 1.81 bits per heavy atom. The molecule has 0 unspecified atom stereocenters. The molecule has 3 aromatic rings. The number of ether oxygens (including phenoxy) is 1. The van der Waals surface area contributed by atoms with Gasteiger partial charge in [0, 0.05) is 17.7 Å². The van der Waals surface area contributed by atoms with Crippen LogP contribution in [-0.2, 0) is 0 Å². The zero-order valence-corrected chi connectivity index (χ0v) is 13.9. The van der Waals surface area contributed by atoms with Crippen molar-refractivity contribution in [2.45, 2.75) is 19.0 Å². The number of rotatable bonds is 6. The predicted octanol–water partition coefficient (Wildman–Crippen LogP) is 4.78. The predicted molar refractivity (Wildman–Crippen MR) is 96.1 cm³/mol. The lowest BCUT2D eigenvalue weighted by molar-refractivity contribution is 0.302. The first-order chi connectivity index (χ1) is 12.8. The zero-order valence-electron chi connectivity index (χ0n) is 13.9. The fraction of sp³-hybridized carbons (Fsp3) is 0.211. The summed E-state index contributed by atoms with van der Waals surface area (Å²) in [5, 5.41) is 15.2. The van der Waals surface area contributed by atoms with Crippen molar-refractivity contribution < 1.29 is 9.15 Å². The van der Waals surface area contributed by atoms with Crippen molar-refractivity contribution in [1.82, 2.24) is 0 Å². The molecule has 2 heterocycles. The summed E-state index contributed by atoms with van der Waals surface area (Å²) in [5.74, 6) is 1.19. The van der Waals surface area contributed by atoms with E-state index in [9.17, 15) is 4.79 Å². The molecule has 0 radical (unpaired) electrons. The van der Waals surface area contributed by atoms with Crippen LogP contribution in [0.15, 0.2) is 84.5 Å². The molecule has 26 heavy (non-hydrogen) atoms. The average Bonchev–Trinajstić information content (AvgIpc) is 3.19. The fourth-order valence-electron chi connectivity index (χ4n) is 2.73. The van der Waals surface area contributed by atoms with E-state index >= 15 is 0 Å². The van der Waals surface area contributed by atoms with Crippen LogP contribution in [-0.4, -0.2) is 12.8 Å². The average molecular weight is 348 g/mol. The topological polar surface area (TPSA) is 88.9 Å². The highest BCUT2D eigenvalue weighted by molar-refractivity contribution is 5.80. The molecule has 4 rings (SSSR count). The van der Waals surface area contributed by atoms with Crippen molar-refractivity contribution >= 4 is 11.0 Å². The van der Waals surface area contributed by atoms with Gasteiger partial charge in [0.05, 0.1) is 12.0 Å². The Hall–Kier alpha value is -3.35. The smallest absolute Gasteiger partial charge is 0.193 e. The third-order valence-electron chi connectivity index (χ3n) is 4.04. The van der Waals surface area contributed by atoms with Crippen LogP contribution >= 0.6 is 0 Å². The molecule has 1 aromatic heterocycles.